The van der Waals surface area contributed by atoms with Gasteiger partial charge in [0.2, 0.25) is 0 Å². The predicted molar refractivity (Wildman–Crippen MR) is 97.0 cm³/mol. The van der Waals surface area contributed by atoms with Crippen LogP contribution in [0.5, 0.6) is 0 Å². The normalized spacial score (nSPS) is 16.9. The van der Waals surface area contributed by atoms with Crippen LogP contribution in [0.4, 0.5) is 5.69 Å². The molecular weight excluding hydrogens is 278 g/mol. The standard InChI is InChI=1S/C22H21N/c1-17-11-13-19(14-12-17)22-21-10-6-5-7-18(21)15-16-23(22)20-8-3-2-4-9-20/h2-14,22H,15-16H2,1H3. The fraction of sp³-hybridized carbons (Fsp3) is 0.182. The maximum atomic E-state index is 2.53. The average Bonchev–Trinajstić information content (AvgIpc) is 2.62. The Balaban J connectivity index is 1.85. The molecule has 4 rings (SSSR count). The monoisotopic (exact) mass is 299 g/mol. The number of benzene rings is 3. The molecule has 1 heterocycles. The van der Waals surface area contributed by atoms with Gasteiger partial charge in [-0.05, 0) is 42.2 Å². The van der Waals surface area contributed by atoms with Crippen LogP contribution < -0.4 is 4.90 Å². The van der Waals surface area contributed by atoms with Crippen LogP contribution in [0.15, 0.2) is 78.9 Å². The SMILES string of the molecule is Cc1ccc(C2c3ccccc3CCN2c2ccccc2)cc1. The van der Waals surface area contributed by atoms with Crippen molar-refractivity contribution in [3.63, 3.8) is 0 Å². The van der Waals surface area contributed by atoms with Gasteiger partial charge in [0.1, 0.15) is 0 Å². The third-order valence-electron chi connectivity index (χ3n) is 4.76. The van der Waals surface area contributed by atoms with E-state index in [1.54, 1.807) is 0 Å². The lowest BCUT2D eigenvalue weighted by Crippen LogP contribution is -2.36. The summed E-state index contributed by atoms with van der Waals surface area (Å²) in [5.74, 6) is 0. The molecule has 114 valence electrons. The predicted octanol–water partition coefficient (Wildman–Crippen LogP) is 5.15. The first-order valence-electron chi connectivity index (χ1n) is 8.29. The van der Waals surface area contributed by atoms with Gasteiger partial charge in [-0.15, -0.1) is 0 Å². The zero-order valence-corrected chi connectivity index (χ0v) is 13.4. The van der Waals surface area contributed by atoms with E-state index in [2.05, 4.69) is 90.7 Å². The Labute approximate surface area is 138 Å². The van der Waals surface area contributed by atoms with Gasteiger partial charge >= 0.3 is 0 Å². The Bertz CT molecular complexity index is 790. The molecule has 1 aliphatic rings. The maximum Gasteiger partial charge on any atom is 0.0798 e. The van der Waals surface area contributed by atoms with Crippen LogP contribution in [0.25, 0.3) is 0 Å². The van der Waals surface area contributed by atoms with Gasteiger partial charge in [0.25, 0.3) is 0 Å². The van der Waals surface area contributed by atoms with E-state index in [4.69, 9.17) is 0 Å². The molecule has 1 unspecified atom stereocenters. The van der Waals surface area contributed by atoms with Crippen molar-refractivity contribution in [2.75, 3.05) is 11.4 Å². The maximum absolute atomic E-state index is 2.53. The number of aryl methyl sites for hydroxylation is 1. The highest BCUT2D eigenvalue weighted by Gasteiger charge is 2.28. The summed E-state index contributed by atoms with van der Waals surface area (Å²) in [5, 5.41) is 0. The molecule has 0 amide bonds. The summed E-state index contributed by atoms with van der Waals surface area (Å²) in [4.78, 5) is 2.53. The highest BCUT2D eigenvalue weighted by molar-refractivity contribution is 5.55. The first kappa shape index (κ1) is 14.1. The van der Waals surface area contributed by atoms with Crippen LogP contribution in [0.3, 0.4) is 0 Å². The van der Waals surface area contributed by atoms with Crippen LogP contribution in [-0.4, -0.2) is 6.54 Å². The van der Waals surface area contributed by atoms with E-state index in [1.165, 1.54) is 27.9 Å². The van der Waals surface area contributed by atoms with Gasteiger partial charge in [-0.25, -0.2) is 0 Å². The van der Waals surface area contributed by atoms with Crippen molar-refractivity contribution < 1.29 is 0 Å². The lowest BCUT2D eigenvalue weighted by molar-refractivity contribution is 0.653. The molecule has 0 bridgehead atoms. The first-order chi connectivity index (χ1) is 11.3. The molecule has 0 aromatic heterocycles. The van der Waals surface area contributed by atoms with Crippen molar-refractivity contribution >= 4 is 5.69 Å². The number of hydrogen-bond acceptors (Lipinski definition) is 1. The molecule has 1 nitrogen and oxygen atoms in total. The highest BCUT2D eigenvalue weighted by Crippen LogP contribution is 2.38. The zero-order chi connectivity index (χ0) is 15.6. The minimum Gasteiger partial charge on any atom is -0.360 e. The molecule has 23 heavy (non-hydrogen) atoms. The minimum absolute atomic E-state index is 0.294. The van der Waals surface area contributed by atoms with Gasteiger partial charge in [-0.2, -0.15) is 0 Å². The summed E-state index contributed by atoms with van der Waals surface area (Å²) in [6.07, 6.45) is 1.10. The van der Waals surface area contributed by atoms with Gasteiger partial charge in [0.05, 0.1) is 6.04 Å². The summed E-state index contributed by atoms with van der Waals surface area (Å²) in [6.45, 7) is 3.20. The number of anilines is 1. The fourth-order valence-electron chi connectivity index (χ4n) is 3.57. The van der Waals surface area contributed by atoms with Gasteiger partial charge in [-0.3, -0.25) is 0 Å². The summed E-state index contributed by atoms with van der Waals surface area (Å²) in [5.41, 5.74) is 6.89. The first-order valence-corrected chi connectivity index (χ1v) is 8.29. The third-order valence-corrected chi connectivity index (χ3v) is 4.76. The van der Waals surface area contributed by atoms with Gasteiger partial charge in [0, 0.05) is 12.2 Å². The van der Waals surface area contributed by atoms with Crippen LogP contribution in [-0.2, 0) is 6.42 Å². The molecule has 0 fully saturated rings. The molecule has 0 radical (unpaired) electrons. The highest BCUT2D eigenvalue weighted by atomic mass is 15.2. The van der Waals surface area contributed by atoms with Crippen molar-refractivity contribution in [1.29, 1.82) is 0 Å². The second-order valence-electron chi connectivity index (χ2n) is 6.29. The smallest absolute Gasteiger partial charge is 0.0798 e. The van der Waals surface area contributed by atoms with Crippen molar-refractivity contribution in [1.82, 2.24) is 0 Å². The molecule has 1 heteroatoms. The van der Waals surface area contributed by atoms with E-state index in [0.29, 0.717) is 6.04 Å². The minimum atomic E-state index is 0.294. The number of nitrogens with zero attached hydrogens (tertiary/aromatic N) is 1. The van der Waals surface area contributed by atoms with Gasteiger partial charge in [-0.1, -0.05) is 72.3 Å². The van der Waals surface area contributed by atoms with E-state index in [-0.39, 0.29) is 0 Å². The van der Waals surface area contributed by atoms with E-state index >= 15 is 0 Å². The lowest BCUT2D eigenvalue weighted by Gasteiger charge is -2.39. The summed E-state index contributed by atoms with van der Waals surface area (Å²) >= 11 is 0. The Hall–Kier alpha value is -2.54. The van der Waals surface area contributed by atoms with Crippen molar-refractivity contribution in [2.45, 2.75) is 19.4 Å². The summed E-state index contributed by atoms with van der Waals surface area (Å²) in [6, 6.07) is 28.9. The molecule has 1 aliphatic heterocycles. The molecule has 0 spiro atoms. The van der Waals surface area contributed by atoms with Crippen LogP contribution >= 0.6 is 0 Å². The quantitative estimate of drug-likeness (QED) is 0.633. The third kappa shape index (κ3) is 2.63. The molecule has 0 saturated carbocycles. The number of fused-ring (bicyclic) bond motifs is 1. The Kier molecular flexibility index (Phi) is 3.63. The van der Waals surface area contributed by atoms with E-state index < -0.39 is 0 Å². The van der Waals surface area contributed by atoms with Crippen molar-refractivity contribution in [3.8, 4) is 0 Å². The molecule has 0 saturated heterocycles. The Morgan fingerprint density at radius 1 is 0.783 bits per heavy atom. The van der Waals surface area contributed by atoms with Crippen molar-refractivity contribution in [3.05, 3.63) is 101 Å². The second kappa shape index (κ2) is 5.92. The average molecular weight is 299 g/mol. The van der Waals surface area contributed by atoms with Gasteiger partial charge < -0.3 is 4.90 Å². The van der Waals surface area contributed by atoms with E-state index in [1.807, 2.05) is 0 Å². The van der Waals surface area contributed by atoms with Crippen LogP contribution in [0.2, 0.25) is 0 Å². The van der Waals surface area contributed by atoms with E-state index in [9.17, 15) is 0 Å². The topological polar surface area (TPSA) is 3.24 Å². The lowest BCUT2D eigenvalue weighted by atomic mass is 9.87. The second-order valence-corrected chi connectivity index (χ2v) is 6.29. The summed E-state index contributed by atoms with van der Waals surface area (Å²) < 4.78 is 0. The number of rotatable bonds is 2. The van der Waals surface area contributed by atoms with Gasteiger partial charge in [0.15, 0.2) is 0 Å². The fourth-order valence-corrected chi connectivity index (χ4v) is 3.57. The molecule has 3 aromatic rings. The molecule has 3 aromatic carbocycles. The molecular formula is C22H21N. The Morgan fingerprint density at radius 2 is 1.48 bits per heavy atom. The van der Waals surface area contributed by atoms with Crippen LogP contribution in [0, 0.1) is 6.92 Å². The van der Waals surface area contributed by atoms with Crippen LogP contribution in [0.1, 0.15) is 28.3 Å². The Morgan fingerprint density at radius 3 is 2.26 bits per heavy atom. The van der Waals surface area contributed by atoms with Crippen molar-refractivity contribution in [2.24, 2.45) is 0 Å². The zero-order valence-electron chi connectivity index (χ0n) is 13.4. The molecule has 0 aliphatic carbocycles. The molecule has 0 N–H and O–H groups in total. The largest absolute Gasteiger partial charge is 0.360 e. The van der Waals surface area contributed by atoms with E-state index in [0.717, 1.165) is 13.0 Å². The molecule has 1 atom stereocenters. The summed E-state index contributed by atoms with van der Waals surface area (Å²) in [7, 11) is 0. The number of para-hydroxylation sites is 1. The number of hydrogen-bond donors (Lipinski definition) is 0.